The van der Waals surface area contributed by atoms with E-state index in [1.165, 1.54) is 6.20 Å². The van der Waals surface area contributed by atoms with Gasteiger partial charge in [-0.15, -0.1) is 0 Å². The lowest BCUT2D eigenvalue weighted by Gasteiger charge is -2.11. The number of aromatic nitrogens is 2. The van der Waals surface area contributed by atoms with Gasteiger partial charge in [-0.2, -0.15) is 0 Å². The van der Waals surface area contributed by atoms with Crippen LogP contribution in [0.15, 0.2) is 53.3 Å². The van der Waals surface area contributed by atoms with Gasteiger partial charge in [-0.1, -0.05) is 29.8 Å². The minimum atomic E-state index is -0.591. The number of nitrogens with zero attached hydrogens (tertiary/aromatic N) is 2. The average Bonchev–Trinajstić information content (AvgIpc) is 2.95. The summed E-state index contributed by atoms with van der Waals surface area (Å²) in [5.41, 5.74) is 3.53. The Labute approximate surface area is 176 Å². The quantitative estimate of drug-likeness (QED) is 0.383. The maximum Gasteiger partial charge on any atom is 0.340 e. The lowest BCUT2D eigenvalue weighted by Crippen LogP contribution is -2.15. The molecule has 0 aliphatic rings. The van der Waals surface area contributed by atoms with E-state index in [-0.39, 0.29) is 18.0 Å². The standard InChI is InChI=1S/C21H18BrClN2O3/c1-13-7-18(14(2)25(13)11-15-5-3-4-6-19(15)23)20(26)12-28-21(27)16-8-17(22)10-24-9-16/h3-10H,11-12H2,1-2H3. The summed E-state index contributed by atoms with van der Waals surface area (Å²) < 4.78 is 7.85. The van der Waals surface area contributed by atoms with Crippen molar-refractivity contribution in [1.82, 2.24) is 9.55 Å². The van der Waals surface area contributed by atoms with Crippen molar-refractivity contribution in [2.75, 3.05) is 6.61 Å². The first-order valence-corrected chi connectivity index (χ1v) is 9.75. The highest BCUT2D eigenvalue weighted by Crippen LogP contribution is 2.22. The van der Waals surface area contributed by atoms with Gasteiger partial charge in [0.25, 0.3) is 0 Å². The molecule has 1 aromatic carbocycles. The number of halogens is 2. The zero-order valence-electron chi connectivity index (χ0n) is 15.4. The van der Waals surface area contributed by atoms with Crippen LogP contribution in [-0.4, -0.2) is 27.9 Å². The van der Waals surface area contributed by atoms with Crippen molar-refractivity contribution < 1.29 is 14.3 Å². The highest BCUT2D eigenvalue weighted by Gasteiger charge is 2.18. The monoisotopic (exact) mass is 460 g/mol. The zero-order chi connectivity index (χ0) is 20.3. The average molecular weight is 462 g/mol. The maximum absolute atomic E-state index is 12.6. The van der Waals surface area contributed by atoms with Crippen LogP contribution in [-0.2, 0) is 11.3 Å². The predicted octanol–water partition coefficient (Wildman–Crippen LogP) is 5.00. The Morgan fingerprint density at radius 3 is 2.64 bits per heavy atom. The molecule has 144 valence electrons. The van der Waals surface area contributed by atoms with Crippen molar-refractivity contribution in [3.8, 4) is 0 Å². The minimum absolute atomic E-state index is 0.255. The normalized spacial score (nSPS) is 10.7. The number of esters is 1. The van der Waals surface area contributed by atoms with Gasteiger partial charge >= 0.3 is 5.97 Å². The molecule has 0 N–H and O–H groups in total. The van der Waals surface area contributed by atoms with E-state index in [9.17, 15) is 9.59 Å². The molecular formula is C21H18BrClN2O3. The molecule has 0 saturated carbocycles. The van der Waals surface area contributed by atoms with Crippen molar-refractivity contribution in [3.05, 3.63) is 86.4 Å². The van der Waals surface area contributed by atoms with Crippen LogP contribution < -0.4 is 0 Å². The molecule has 3 aromatic rings. The first-order chi connectivity index (χ1) is 13.4. The van der Waals surface area contributed by atoms with Gasteiger partial charge in [0.1, 0.15) is 0 Å². The Bertz CT molecular complexity index is 1050. The molecule has 7 heteroatoms. The lowest BCUT2D eigenvalue weighted by molar-refractivity contribution is 0.0474. The number of ether oxygens (including phenoxy) is 1. The van der Waals surface area contributed by atoms with E-state index in [4.69, 9.17) is 16.3 Å². The molecule has 0 amide bonds. The lowest BCUT2D eigenvalue weighted by atomic mass is 10.1. The van der Waals surface area contributed by atoms with Gasteiger partial charge in [0.2, 0.25) is 5.78 Å². The van der Waals surface area contributed by atoms with Gasteiger partial charge in [-0.25, -0.2) is 4.79 Å². The van der Waals surface area contributed by atoms with E-state index in [1.807, 2.05) is 48.7 Å². The molecule has 0 atom stereocenters. The molecule has 0 saturated heterocycles. The SMILES string of the molecule is Cc1cc(C(=O)COC(=O)c2cncc(Br)c2)c(C)n1Cc1ccccc1Cl. The van der Waals surface area contributed by atoms with Crippen molar-refractivity contribution >= 4 is 39.3 Å². The molecule has 0 fully saturated rings. The third-order valence-corrected chi connectivity index (χ3v) is 5.24. The number of ketones is 1. The Balaban J connectivity index is 1.72. The van der Waals surface area contributed by atoms with Gasteiger partial charge < -0.3 is 9.30 Å². The second kappa shape index (κ2) is 8.71. The fourth-order valence-electron chi connectivity index (χ4n) is 2.94. The molecule has 2 heterocycles. The topological polar surface area (TPSA) is 61.2 Å². The first kappa shape index (κ1) is 20.3. The zero-order valence-corrected chi connectivity index (χ0v) is 17.8. The molecule has 3 rings (SSSR count). The van der Waals surface area contributed by atoms with E-state index in [1.54, 1.807) is 12.3 Å². The van der Waals surface area contributed by atoms with E-state index in [0.717, 1.165) is 17.0 Å². The largest absolute Gasteiger partial charge is 0.454 e. The summed E-state index contributed by atoms with van der Waals surface area (Å²) in [6.45, 7) is 4.03. The summed E-state index contributed by atoms with van der Waals surface area (Å²) in [6, 6.07) is 11.0. The van der Waals surface area contributed by atoms with E-state index >= 15 is 0 Å². The van der Waals surface area contributed by atoms with E-state index < -0.39 is 5.97 Å². The first-order valence-electron chi connectivity index (χ1n) is 8.58. The smallest absolute Gasteiger partial charge is 0.340 e. The van der Waals surface area contributed by atoms with Gasteiger partial charge in [-0.3, -0.25) is 9.78 Å². The second-order valence-electron chi connectivity index (χ2n) is 6.35. The summed E-state index contributed by atoms with van der Waals surface area (Å²) in [6.07, 6.45) is 2.96. The number of benzene rings is 1. The third kappa shape index (κ3) is 4.51. The number of aryl methyl sites for hydroxylation is 1. The van der Waals surface area contributed by atoms with Crippen LogP contribution in [0, 0.1) is 13.8 Å². The summed E-state index contributed by atoms with van der Waals surface area (Å²) in [5.74, 6) is -0.846. The van der Waals surface area contributed by atoms with Gasteiger partial charge in [0, 0.05) is 45.4 Å². The molecule has 0 unspecified atom stereocenters. The fraction of sp³-hybridized carbons (Fsp3) is 0.190. The third-order valence-electron chi connectivity index (χ3n) is 4.44. The number of hydrogen-bond donors (Lipinski definition) is 0. The number of pyridine rings is 1. The molecule has 0 aliphatic heterocycles. The Morgan fingerprint density at radius 1 is 1.18 bits per heavy atom. The van der Waals surface area contributed by atoms with Crippen LogP contribution in [0.5, 0.6) is 0 Å². The fourth-order valence-corrected chi connectivity index (χ4v) is 3.50. The van der Waals surface area contributed by atoms with Crippen LogP contribution in [0.25, 0.3) is 0 Å². The van der Waals surface area contributed by atoms with Crippen LogP contribution in [0.1, 0.15) is 37.7 Å². The Kier molecular flexibility index (Phi) is 6.31. The van der Waals surface area contributed by atoms with E-state index in [2.05, 4.69) is 20.9 Å². The van der Waals surface area contributed by atoms with Gasteiger partial charge in [0.15, 0.2) is 6.61 Å². The number of hydrogen-bond acceptors (Lipinski definition) is 4. The van der Waals surface area contributed by atoms with Crippen LogP contribution >= 0.6 is 27.5 Å². The molecule has 0 spiro atoms. The molecule has 0 aliphatic carbocycles. The van der Waals surface area contributed by atoms with Crippen LogP contribution in [0.4, 0.5) is 0 Å². The van der Waals surface area contributed by atoms with Crippen molar-refractivity contribution in [3.63, 3.8) is 0 Å². The summed E-state index contributed by atoms with van der Waals surface area (Å²) in [7, 11) is 0. The maximum atomic E-state index is 12.6. The van der Waals surface area contributed by atoms with E-state index in [0.29, 0.717) is 21.6 Å². The molecule has 5 nitrogen and oxygen atoms in total. The molecular weight excluding hydrogens is 444 g/mol. The van der Waals surface area contributed by atoms with Crippen molar-refractivity contribution in [1.29, 1.82) is 0 Å². The minimum Gasteiger partial charge on any atom is -0.454 e. The molecule has 28 heavy (non-hydrogen) atoms. The highest BCUT2D eigenvalue weighted by atomic mass is 79.9. The highest BCUT2D eigenvalue weighted by molar-refractivity contribution is 9.10. The van der Waals surface area contributed by atoms with Crippen molar-refractivity contribution in [2.45, 2.75) is 20.4 Å². The molecule has 0 radical (unpaired) electrons. The Morgan fingerprint density at radius 2 is 1.93 bits per heavy atom. The number of carbonyl (C=O) groups is 2. The summed E-state index contributed by atoms with van der Waals surface area (Å²) >= 11 is 9.51. The number of carbonyl (C=O) groups excluding carboxylic acids is 2. The number of rotatable bonds is 6. The van der Waals surface area contributed by atoms with Gasteiger partial charge in [-0.05, 0) is 53.5 Å². The molecule has 2 aromatic heterocycles. The second-order valence-corrected chi connectivity index (χ2v) is 7.68. The van der Waals surface area contributed by atoms with Crippen LogP contribution in [0.3, 0.4) is 0 Å². The van der Waals surface area contributed by atoms with Gasteiger partial charge in [0.05, 0.1) is 5.56 Å². The summed E-state index contributed by atoms with van der Waals surface area (Å²) in [4.78, 5) is 28.6. The summed E-state index contributed by atoms with van der Waals surface area (Å²) in [5, 5.41) is 0.680. The number of Topliss-reactive ketones (excluding diaryl/α,β-unsaturated/α-hetero) is 1. The predicted molar refractivity (Wildman–Crippen MR) is 111 cm³/mol. The van der Waals surface area contributed by atoms with Crippen LogP contribution in [0.2, 0.25) is 5.02 Å². The molecule has 0 bridgehead atoms. The van der Waals surface area contributed by atoms with Crippen molar-refractivity contribution in [2.24, 2.45) is 0 Å². The Hall–Kier alpha value is -2.44.